The molecular formula is C25H17F5N6O2S2. The minimum absolute atomic E-state index is 0.0352. The molecule has 0 spiro atoms. The van der Waals surface area contributed by atoms with Crippen molar-refractivity contribution in [1.82, 2.24) is 19.6 Å². The lowest BCUT2D eigenvalue weighted by atomic mass is 10.1. The van der Waals surface area contributed by atoms with Crippen molar-refractivity contribution in [3.05, 3.63) is 62.9 Å². The molecule has 5 aromatic rings. The maximum Gasteiger partial charge on any atom is 0.433 e. The van der Waals surface area contributed by atoms with E-state index in [0.29, 0.717) is 15.0 Å². The van der Waals surface area contributed by atoms with Gasteiger partial charge in [-0.05, 0) is 44.0 Å². The van der Waals surface area contributed by atoms with Crippen LogP contribution in [0, 0.1) is 6.92 Å². The van der Waals surface area contributed by atoms with E-state index in [-0.39, 0.29) is 38.0 Å². The molecule has 0 radical (unpaired) electrons. The topological polar surface area (TPSA) is 115 Å². The fourth-order valence-electron chi connectivity index (χ4n) is 4.37. The van der Waals surface area contributed by atoms with Gasteiger partial charge in [0, 0.05) is 38.4 Å². The summed E-state index contributed by atoms with van der Waals surface area (Å²) in [4.78, 5) is 35.2. The number of nitrogens with zero attached hydrogens (tertiary/aromatic N) is 4. The Labute approximate surface area is 229 Å². The van der Waals surface area contributed by atoms with Gasteiger partial charge in [-0.3, -0.25) is 9.59 Å². The summed E-state index contributed by atoms with van der Waals surface area (Å²) >= 11 is 2.03. The van der Waals surface area contributed by atoms with Crippen LogP contribution in [0.25, 0.3) is 26.3 Å². The zero-order valence-corrected chi connectivity index (χ0v) is 22.0. The summed E-state index contributed by atoms with van der Waals surface area (Å²) in [6.07, 6.45) is -6.22. The molecule has 0 atom stereocenters. The molecule has 0 bridgehead atoms. The van der Waals surface area contributed by atoms with Gasteiger partial charge in [-0.15, -0.1) is 22.7 Å². The lowest BCUT2D eigenvalue weighted by Gasteiger charge is -2.10. The van der Waals surface area contributed by atoms with Gasteiger partial charge in [0.15, 0.2) is 11.3 Å². The number of carbonyl (C=O) groups excluding carboxylic acids is 2. The van der Waals surface area contributed by atoms with Crippen molar-refractivity contribution in [1.29, 1.82) is 0 Å². The summed E-state index contributed by atoms with van der Waals surface area (Å²) < 4.78 is 69.4. The van der Waals surface area contributed by atoms with Gasteiger partial charge in [-0.25, -0.2) is 23.3 Å². The van der Waals surface area contributed by atoms with Crippen LogP contribution in [-0.2, 0) is 6.18 Å². The number of aryl methyl sites for hydroxylation is 1. The number of fused-ring (bicyclic) bond motifs is 2. The van der Waals surface area contributed by atoms with E-state index < -0.39 is 41.5 Å². The minimum atomic E-state index is -4.75. The zero-order chi connectivity index (χ0) is 28.5. The highest BCUT2D eigenvalue weighted by molar-refractivity contribution is 7.21. The van der Waals surface area contributed by atoms with Gasteiger partial charge in [-0.2, -0.15) is 18.3 Å². The van der Waals surface area contributed by atoms with Gasteiger partial charge in [-0.1, -0.05) is 0 Å². The van der Waals surface area contributed by atoms with Crippen LogP contribution in [0.2, 0.25) is 0 Å². The molecule has 206 valence electrons. The first-order chi connectivity index (χ1) is 18.9. The van der Waals surface area contributed by atoms with E-state index in [9.17, 15) is 31.5 Å². The highest BCUT2D eigenvalue weighted by Gasteiger charge is 2.37. The molecule has 1 aliphatic rings. The van der Waals surface area contributed by atoms with Crippen molar-refractivity contribution in [3.8, 4) is 10.4 Å². The summed E-state index contributed by atoms with van der Waals surface area (Å²) in [5, 5.41) is 6.58. The molecule has 15 heteroatoms. The second-order valence-electron chi connectivity index (χ2n) is 9.25. The van der Waals surface area contributed by atoms with Crippen LogP contribution >= 0.6 is 22.7 Å². The molecule has 5 heterocycles. The molecule has 3 N–H and O–H groups in total. The predicted molar refractivity (Wildman–Crippen MR) is 139 cm³/mol. The minimum Gasteiger partial charge on any atom is -0.365 e. The maximum absolute atomic E-state index is 13.8. The van der Waals surface area contributed by atoms with Crippen molar-refractivity contribution in [3.63, 3.8) is 0 Å². The van der Waals surface area contributed by atoms with Crippen LogP contribution in [0.3, 0.4) is 0 Å². The Hall–Kier alpha value is -3.98. The number of rotatable bonds is 6. The third-order valence-electron chi connectivity index (χ3n) is 6.34. The van der Waals surface area contributed by atoms with Gasteiger partial charge >= 0.3 is 6.18 Å². The second kappa shape index (κ2) is 9.30. The average Bonchev–Trinajstić information content (AvgIpc) is 3.32. The first kappa shape index (κ1) is 26.3. The molecule has 40 heavy (non-hydrogen) atoms. The molecular weight excluding hydrogens is 575 g/mol. The quantitative estimate of drug-likeness (QED) is 0.217. The normalized spacial score (nSPS) is 14.0. The highest BCUT2D eigenvalue weighted by Crippen LogP contribution is 2.44. The van der Waals surface area contributed by atoms with Gasteiger partial charge in [0.25, 0.3) is 18.2 Å². The van der Waals surface area contributed by atoms with Crippen LogP contribution in [0.4, 0.5) is 27.6 Å². The van der Waals surface area contributed by atoms with Crippen LogP contribution < -0.4 is 11.1 Å². The van der Waals surface area contributed by atoms with E-state index in [1.165, 1.54) is 17.4 Å². The van der Waals surface area contributed by atoms with E-state index in [0.717, 1.165) is 41.2 Å². The SMILES string of the molecule is Cc1ccc(-c2cc(C(F)F)nc3sc(C(N)=O)c(NC(=O)c4cc5nc(C6CC6)cc(C(F)(F)F)n5n4)c23)s1. The number of carbonyl (C=O) groups is 2. The molecule has 1 aliphatic carbocycles. The first-order valence-corrected chi connectivity index (χ1v) is 13.5. The third kappa shape index (κ3) is 4.58. The molecule has 1 fully saturated rings. The van der Waals surface area contributed by atoms with Gasteiger partial charge in [0.05, 0.1) is 5.69 Å². The Morgan fingerprint density at radius 1 is 1.12 bits per heavy atom. The zero-order valence-electron chi connectivity index (χ0n) is 20.3. The Morgan fingerprint density at radius 3 is 2.48 bits per heavy atom. The molecule has 0 aliphatic heterocycles. The Morgan fingerprint density at radius 2 is 1.88 bits per heavy atom. The first-order valence-electron chi connectivity index (χ1n) is 11.8. The molecule has 2 amide bonds. The number of alkyl halides is 5. The number of anilines is 1. The molecule has 0 saturated heterocycles. The number of nitrogens with one attached hydrogen (secondary N) is 1. The Kier molecular flexibility index (Phi) is 6.10. The van der Waals surface area contributed by atoms with E-state index >= 15 is 0 Å². The van der Waals surface area contributed by atoms with Crippen molar-refractivity contribution >= 4 is 56.0 Å². The van der Waals surface area contributed by atoms with Crippen molar-refractivity contribution in [2.75, 3.05) is 5.32 Å². The summed E-state index contributed by atoms with van der Waals surface area (Å²) in [7, 11) is 0. The molecule has 8 nitrogen and oxygen atoms in total. The molecule has 5 aromatic heterocycles. The van der Waals surface area contributed by atoms with Crippen LogP contribution in [-0.4, -0.2) is 31.4 Å². The van der Waals surface area contributed by atoms with Gasteiger partial charge in [0.2, 0.25) is 0 Å². The largest absolute Gasteiger partial charge is 0.433 e. The third-order valence-corrected chi connectivity index (χ3v) is 8.47. The molecule has 6 rings (SSSR count). The summed E-state index contributed by atoms with van der Waals surface area (Å²) in [6, 6.07) is 6.71. The number of thiophene rings is 2. The standard InChI is InChI=1S/C25H17F5N6O2S2/c1-9-2-5-15(39-9)11-6-13(21(26)27)33-24-18(11)19(20(40-24)22(31)37)34-23(38)14-8-17-32-12(10-3-4-10)7-16(25(28,29)30)36(17)35-14/h2,5-8,10,21H,3-4H2,1H3,(H2,31,37)(H,34,38). The number of hydrogen-bond acceptors (Lipinski definition) is 7. The number of primary amides is 1. The Bertz CT molecular complexity index is 1840. The number of halogens is 5. The molecule has 1 saturated carbocycles. The van der Waals surface area contributed by atoms with Gasteiger partial charge in [0.1, 0.15) is 21.1 Å². The number of pyridine rings is 1. The number of amides is 2. The lowest BCUT2D eigenvalue weighted by Crippen LogP contribution is -2.18. The Balaban J connectivity index is 1.49. The van der Waals surface area contributed by atoms with E-state index in [1.807, 2.05) is 6.92 Å². The monoisotopic (exact) mass is 592 g/mol. The van der Waals surface area contributed by atoms with Crippen LogP contribution in [0.15, 0.2) is 30.3 Å². The number of nitrogens with two attached hydrogens (primary N) is 1. The van der Waals surface area contributed by atoms with Gasteiger partial charge < -0.3 is 11.1 Å². The van der Waals surface area contributed by atoms with Crippen molar-refractivity contribution in [2.24, 2.45) is 5.73 Å². The fourth-order valence-corrected chi connectivity index (χ4v) is 6.27. The van der Waals surface area contributed by atoms with Crippen molar-refractivity contribution in [2.45, 2.75) is 38.3 Å². The highest BCUT2D eigenvalue weighted by atomic mass is 32.1. The lowest BCUT2D eigenvalue weighted by molar-refractivity contribution is -0.142. The molecule has 0 aromatic carbocycles. The van der Waals surface area contributed by atoms with E-state index in [4.69, 9.17) is 5.73 Å². The molecule has 0 unspecified atom stereocenters. The van der Waals surface area contributed by atoms with E-state index in [2.05, 4.69) is 20.4 Å². The summed E-state index contributed by atoms with van der Waals surface area (Å²) in [5.74, 6) is -1.98. The van der Waals surface area contributed by atoms with Crippen LogP contribution in [0.1, 0.15) is 67.3 Å². The summed E-state index contributed by atoms with van der Waals surface area (Å²) in [5.41, 5.74) is 3.87. The summed E-state index contributed by atoms with van der Waals surface area (Å²) in [6.45, 7) is 1.83. The average molecular weight is 593 g/mol. The number of hydrogen-bond donors (Lipinski definition) is 2. The van der Waals surface area contributed by atoms with Crippen LogP contribution in [0.5, 0.6) is 0 Å². The smallest absolute Gasteiger partial charge is 0.365 e. The van der Waals surface area contributed by atoms with E-state index in [1.54, 1.807) is 12.1 Å². The number of aromatic nitrogens is 4. The predicted octanol–water partition coefficient (Wildman–Crippen LogP) is 6.56. The van der Waals surface area contributed by atoms with Crippen molar-refractivity contribution < 1.29 is 31.5 Å². The fraction of sp³-hybridized carbons (Fsp3) is 0.240. The second-order valence-corrected chi connectivity index (χ2v) is 11.5. The maximum atomic E-state index is 13.8.